The number of nitrogens with zero attached hydrogens (tertiary/aromatic N) is 3. The van der Waals surface area contributed by atoms with Crippen LogP contribution in [0.15, 0.2) is 54.7 Å². The number of aromatic hydroxyl groups is 1. The number of benzene rings is 1. The smallest absolute Gasteiger partial charge is 0.271 e. The van der Waals surface area contributed by atoms with Crippen molar-refractivity contribution in [3.8, 4) is 17.0 Å². The molecule has 1 fully saturated rings. The van der Waals surface area contributed by atoms with Gasteiger partial charge in [-0.25, -0.2) is 0 Å². The van der Waals surface area contributed by atoms with Crippen molar-refractivity contribution in [3.05, 3.63) is 66.1 Å². The summed E-state index contributed by atoms with van der Waals surface area (Å²) in [4.78, 5) is 18.9. The Morgan fingerprint density at radius 2 is 2.11 bits per heavy atom. The van der Waals surface area contributed by atoms with E-state index >= 15 is 0 Å². The van der Waals surface area contributed by atoms with Gasteiger partial charge in [0.1, 0.15) is 11.4 Å². The standard InChI is InChI=1S/C21H22N4O3/c26-20-9-2-1-8-17(20)18-12-19(24-23-18)21(27)25-11-5-7-16(13-25)28-14-15-6-3-4-10-22-15/h1-4,6,8-10,12,16,26H,5,7,11,13-14H2,(H,23,24)/t16-/m0/s1. The van der Waals surface area contributed by atoms with Crippen LogP contribution in [0.25, 0.3) is 11.3 Å². The summed E-state index contributed by atoms with van der Waals surface area (Å²) in [7, 11) is 0. The number of hydrogen-bond acceptors (Lipinski definition) is 5. The number of carbonyl (C=O) groups excluding carboxylic acids is 1. The molecule has 1 aromatic carbocycles. The number of phenolic OH excluding ortho intramolecular Hbond substituents is 1. The number of ether oxygens (including phenoxy) is 1. The molecular weight excluding hydrogens is 356 g/mol. The van der Waals surface area contributed by atoms with E-state index < -0.39 is 0 Å². The Balaban J connectivity index is 1.40. The van der Waals surface area contributed by atoms with Crippen LogP contribution in [-0.4, -0.2) is 50.3 Å². The molecule has 0 saturated carbocycles. The van der Waals surface area contributed by atoms with Gasteiger partial charge in [-0.05, 0) is 43.2 Å². The molecule has 2 aromatic heterocycles. The van der Waals surface area contributed by atoms with Gasteiger partial charge in [0.15, 0.2) is 0 Å². The predicted molar refractivity (Wildman–Crippen MR) is 104 cm³/mol. The minimum atomic E-state index is -0.111. The zero-order chi connectivity index (χ0) is 19.3. The van der Waals surface area contributed by atoms with E-state index in [0.717, 1.165) is 18.5 Å². The number of phenols is 1. The second-order valence-electron chi connectivity index (χ2n) is 6.83. The lowest BCUT2D eigenvalue weighted by atomic mass is 10.1. The fourth-order valence-corrected chi connectivity index (χ4v) is 3.38. The van der Waals surface area contributed by atoms with Crippen LogP contribution < -0.4 is 0 Å². The molecule has 1 amide bonds. The Morgan fingerprint density at radius 1 is 1.25 bits per heavy atom. The molecule has 0 spiro atoms. The number of nitrogens with one attached hydrogen (secondary N) is 1. The highest BCUT2D eigenvalue weighted by Gasteiger charge is 2.26. The molecule has 3 heterocycles. The van der Waals surface area contributed by atoms with E-state index in [4.69, 9.17) is 4.74 Å². The van der Waals surface area contributed by atoms with E-state index in [1.807, 2.05) is 24.3 Å². The van der Waals surface area contributed by atoms with Gasteiger partial charge in [-0.1, -0.05) is 18.2 Å². The van der Waals surface area contributed by atoms with Crippen molar-refractivity contribution in [2.75, 3.05) is 13.1 Å². The van der Waals surface area contributed by atoms with Gasteiger partial charge in [-0.15, -0.1) is 0 Å². The zero-order valence-corrected chi connectivity index (χ0v) is 15.4. The Bertz CT molecular complexity index is 942. The molecule has 0 radical (unpaired) electrons. The minimum absolute atomic E-state index is 0.0136. The number of carbonyl (C=O) groups is 1. The monoisotopic (exact) mass is 378 g/mol. The molecule has 0 bridgehead atoms. The first-order chi connectivity index (χ1) is 13.7. The number of amides is 1. The maximum Gasteiger partial charge on any atom is 0.271 e. The highest BCUT2D eigenvalue weighted by Crippen LogP contribution is 2.27. The SMILES string of the molecule is O=C(c1cc(-c2ccccc2O)n[nH]1)N1CCC[C@H](OCc2ccccn2)C1. The Kier molecular flexibility index (Phi) is 5.34. The molecule has 1 saturated heterocycles. The van der Waals surface area contributed by atoms with E-state index in [0.29, 0.717) is 36.6 Å². The predicted octanol–water partition coefficient (Wildman–Crippen LogP) is 3.00. The molecule has 1 aliphatic heterocycles. The zero-order valence-electron chi connectivity index (χ0n) is 15.4. The normalized spacial score (nSPS) is 16.9. The van der Waals surface area contributed by atoms with Crippen molar-refractivity contribution in [1.29, 1.82) is 0 Å². The number of rotatable bonds is 5. The number of para-hydroxylation sites is 1. The number of H-pyrrole nitrogens is 1. The van der Waals surface area contributed by atoms with E-state index in [1.165, 1.54) is 0 Å². The van der Waals surface area contributed by atoms with Crippen molar-refractivity contribution in [2.45, 2.75) is 25.6 Å². The van der Waals surface area contributed by atoms with Crippen LogP contribution in [0.3, 0.4) is 0 Å². The van der Waals surface area contributed by atoms with Crippen LogP contribution in [0.4, 0.5) is 0 Å². The number of aromatic amines is 1. The van der Waals surface area contributed by atoms with Crippen LogP contribution in [0.1, 0.15) is 29.0 Å². The summed E-state index contributed by atoms with van der Waals surface area (Å²) in [5, 5.41) is 17.0. The van der Waals surface area contributed by atoms with Crippen molar-refractivity contribution < 1.29 is 14.6 Å². The summed E-state index contributed by atoms with van der Waals surface area (Å²) < 4.78 is 5.96. The average molecular weight is 378 g/mol. The molecule has 7 nitrogen and oxygen atoms in total. The van der Waals surface area contributed by atoms with Crippen LogP contribution in [0, 0.1) is 0 Å². The largest absolute Gasteiger partial charge is 0.507 e. The van der Waals surface area contributed by atoms with Gasteiger partial charge in [-0.3, -0.25) is 14.9 Å². The first kappa shape index (κ1) is 18.2. The lowest BCUT2D eigenvalue weighted by Gasteiger charge is -2.32. The molecule has 7 heteroatoms. The Morgan fingerprint density at radius 3 is 2.93 bits per heavy atom. The molecule has 2 N–H and O–H groups in total. The molecular formula is C21H22N4O3. The van der Waals surface area contributed by atoms with Crippen molar-refractivity contribution in [1.82, 2.24) is 20.1 Å². The highest BCUT2D eigenvalue weighted by molar-refractivity contribution is 5.93. The van der Waals surface area contributed by atoms with Gasteiger partial charge in [0.2, 0.25) is 0 Å². The average Bonchev–Trinajstić information content (AvgIpc) is 3.23. The summed E-state index contributed by atoms with van der Waals surface area (Å²) in [6.07, 6.45) is 3.54. The topological polar surface area (TPSA) is 91.3 Å². The third-order valence-corrected chi connectivity index (χ3v) is 4.85. The van der Waals surface area contributed by atoms with E-state index in [9.17, 15) is 9.90 Å². The molecule has 1 aliphatic rings. The fraction of sp³-hybridized carbons (Fsp3) is 0.286. The van der Waals surface area contributed by atoms with Crippen molar-refractivity contribution >= 4 is 5.91 Å². The lowest BCUT2D eigenvalue weighted by molar-refractivity contribution is -0.00801. The number of aromatic nitrogens is 3. The first-order valence-electron chi connectivity index (χ1n) is 9.35. The number of likely N-dealkylation sites (tertiary alicyclic amines) is 1. The summed E-state index contributed by atoms with van der Waals surface area (Å²) >= 11 is 0. The fourth-order valence-electron chi connectivity index (χ4n) is 3.38. The first-order valence-corrected chi connectivity index (χ1v) is 9.35. The third-order valence-electron chi connectivity index (χ3n) is 4.85. The van der Waals surface area contributed by atoms with Crippen LogP contribution in [0.5, 0.6) is 5.75 Å². The molecule has 4 rings (SSSR count). The highest BCUT2D eigenvalue weighted by atomic mass is 16.5. The number of piperidine rings is 1. The van der Waals surface area contributed by atoms with Crippen LogP contribution in [-0.2, 0) is 11.3 Å². The van der Waals surface area contributed by atoms with Crippen LogP contribution in [0.2, 0.25) is 0 Å². The second kappa shape index (κ2) is 8.22. The molecule has 3 aromatic rings. The van der Waals surface area contributed by atoms with Gasteiger partial charge in [-0.2, -0.15) is 5.10 Å². The number of hydrogen-bond donors (Lipinski definition) is 2. The Labute approximate surface area is 163 Å². The molecule has 1 atom stereocenters. The quantitative estimate of drug-likeness (QED) is 0.712. The van der Waals surface area contributed by atoms with E-state index in [2.05, 4.69) is 15.2 Å². The van der Waals surface area contributed by atoms with Gasteiger partial charge in [0, 0.05) is 24.8 Å². The van der Waals surface area contributed by atoms with Gasteiger partial charge in [0.25, 0.3) is 5.91 Å². The van der Waals surface area contributed by atoms with Gasteiger partial charge >= 0.3 is 0 Å². The van der Waals surface area contributed by atoms with E-state index in [-0.39, 0.29) is 17.8 Å². The summed E-state index contributed by atoms with van der Waals surface area (Å²) in [6.45, 7) is 1.67. The van der Waals surface area contributed by atoms with Crippen molar-refractivity contribution in [3.63, 3.8) is 0 Å². The second-order valence-corrected chi connectivity index (χ2v) is 6.83. The molecule has 144 valence electrons. The van der Waals surface area contributed by atoms with Gasteiger partial charge in [0.05, 0.1) is 24.1 Å². The third kappa shape index (κ3) is 4.04. The maximum absolute atomic E-state index is 12.9. The summed E-state index contributed by atoms with van der Waals surface area (Å²) in [5.74, 6) is 0.0225. The molecule has 28 heavy (non-hydrogen) atoms. The Hall–Kier alpha value is -3.19. The maximum atomic E-state index is 12.9. The van der Waals surface area contributed by atoms with E-state index in [1.54, 1.807) is 35.4 Å². The minimum Gasteiger partial charge on any atom is -0.507 e. The molecule has 0 aliphatic carbocycles. The van der Waals surface area contributed by atoms with Crippen LogP contribution >= 0.6 is 0 Å². The lowest BCUT2D eigenvalue weighted by Crippen LogP contribution is -2.43. The van der Waals surface area contributed by atoms with Gasteiger partial charge < -0.3 is 14.7 Å². The summed E-state index contributed by atoms with van der Waals surface area (Å²) in [6, 6.07) is 14.3. The number of pyridine rings is 1. The van der Waals surface area contributed by atoms with Crippen molar-refractivity contribution in [2.24, 2.45) is 0 Å². The summed E-state index contributed by atoms with van der Waals surface area (Å²) in [5.41, 5.74) is 2.42. The molecule has 0 unspecified atom stereocenters.